The standard InChI is InChI=1S/C19H21N5O3/c1-11(2)16(13-4-5-14-15(10-13)27-9-8-26-14)21-18(25)17-22-19-20-7-6-12(3)24(19)23-17/h4-7,10-11,16H,8-9H2,1-3H3,(H,21,25)/t16-/m1/s1. The summed E-state index contributed by atoms with van der Waals surface area (Å²) in [4.78, 5) is 21.1. The number of nitrogens with zero attached hydrogens (tertiary/aromatic N) is 4. The van der Waals surface area contributed by atoms with E-state index in [0.29, 0.717) is 24.7 Å². The SMILES string of the molecule is Cc1ccnc2nc(C(=O)N[C@@H](c3ccc4c(c3)OCCO4)C(C)C)nn12. The van der Waals surface area contributed by atoms with E-state index in [1.54, 1.807) is 10.7 Å². The molecule has 0 radical (unpaired) electrons. The third kappa shape index (κ3) is 3.30. The van der Waals surface area contributed by atoms with Gasteiger partial charge in [-0.15, -0.1) is 5.10 Å². The number of carbonyl (C=O) groups is 1. The van der Waals surface area contributed by atoms with Gasteiger partial charge in [-0.1, -0.05) is 19.9 Å². The van der Waals surface area contributed by atoms with E-state index < -0.39 is 0 Å². The average molecular weight is 367 g/mol. The van der Waals surface area contributed by atoms with Gasteiger partial charge in [0.25, 0.3) is 11.7 Å². The van der Waals surface area contributed by atoms with Crippen molar-refractivity contribution in [3.8, 4) is 11.5 Å². The van der Waals surface area contributed by atoms with Gasteiger partial charge >= 0.3 is 0 Å². The van der Waals surface area contributed by atoms with Crippen molar-refractivity contribution in [2.75, 3.05) is 13.2 Å². The number of rotatable bonds is 4. The van der Waals surface area contributed by atoms with E-state index in [4.69, 9.17) is 9.47 Å². The largest absolute Gasteiger partial charge is 0.486 e. The van der Waals surface area contributed by atoms with Crippen LogP contribution in [-0.2, 0) is 0 Å². The lowest BCUT2D eigenvalue weighted by Gasteiger charge is -2.25. The van der Waals surface area contributed by atoms with Crippen LogP contribution < -0.4 is 14.8 Å². The molecule has 3 heterocycles. The molecule has 0 bridgehead atoms. The normalized spacial score (nSPS) is 14.4. The van der Waals surface area contributed by atoms with E-state index in [0.717, 1.165) is 17.0 Å². The lowest BCUT2D eigenvalue weighted by atomic mass is 9.95. The van der Waals surface area contributed by atoms with Crippen LogP contribution in [0, 0.1) is 12.8 Å². The Balaban J connectivity index is 1.61. The van der Waals surface area contributed by atoms with E-state index in [-0.39, 0.29) is 23.7 Å². The van der Waals surface area contributed by atoms with Crippen molar-refractivity contribution in [1.29, 1.82) is 0 Å². The van der Waals surface area contributed by atoms with Crippen LogP contribution in [0.2, 0.25) is 0 Å². The predicted octanol–water partition coefficient (Wildman–Crippen LogP) is 2.33. The number of fused-ring (bicyclic) bond motifs is 2. The number of carbonyl (C=O) groups excluding carboxylic acids is 1. The summed E-state index contributed by atoms with van der Waals surface area (Å²) in [7, 11) is 0. The van der Waals surface area contributed by atoms with E-state index in [1.807, 2.05) is 45.0 Å². The molecule has 0 fully saturated rings. The summed E-state index contributed by atoms with van der Waals surface area (Å²) < 4.78 is 12.8. The molecule has 0 saturated heterocycles. The van der Waals surface area contributed by atoms with Crippen LogP contribution in [0.4, 0.5) is 0 Å². The molecule has 140 valence electrons. The summed E-state index contributed by atoms with van der Waals surface area (Å²) in [5.41, 5.74) is 1.81. The lowest BCUT2D eigenvalue weighted by Crippen LogP contribution is -2.32. The Morgan fingerprint density at radius 3 is 2.70 bits per heavy atom. The van der Waals surface area contributed by atoms with Crippen LogP contribution in [-0.4, -0.2) is 38.7 Å². The van der Waals surface area contributed by atoms with Gasteiger partial charge in [-0.2, -0.15) is 4.98 Å². The Morgan fingerprint density at radius 2 is 1.96 bits per heavy atom. The highest BCUT2D eigenvalue weighted by atomic mass is 16.6. The van der Waals surface area contributed by atoms with Crippen LogP contribution in [0.3, 0.4) is 0 Å². The summed E-state index contributed by atoms with van der Waals surface area (Å²) in [5, 5.41) is 7.31. The molecule has 1 aliphatic rings. The van der Waals surface area contributed by atoms with Gasteiger partial charge in [0.15, 0.2) is 11.5 Å². The maximum absolute atomic E-state index is 12.8. The van der Waals surface area contributed by atoms with Crippen LogP contribution >= 0.6 is 0 Å². The Kier molecular flexibility index (Phi) is 4.39. The quantitative estimate of drug-likeness (QED) is 0.761. The lowest BCUT2D eigenvalue weighted by molar-refractivity contribution is 0.0915. The molecule has 1 aromatic carbocycles. The van der Waals surface area contributed by atoms with Gasteiger partial charge in [-0.05, 0) is 36.6 Å². The Bertz CT molecular complexity index is 998. The van der Waals surface area contributed by atoms with E-state index >= 15 is 0 Å². The Labute approximate surface area is 156 Å². The van der Waals surface area contributed by atoms with Crippen LogP contribution in [0.1, 0.15) is 41.8 Å². The Hall–Kier alpha value is -3.16. The smallest absolute Gasteiger partial charge is 0.291 e. The minimum absolute atomic E-state index is 0.0972. The summed E-state index contributed by atoms with van der Waals surface area (Å²) >= 11 is 0. The van der Waals surface area contributed by atoms with Gasteiger partial charge in [0.2, 0.25) is 5.82 Å². The zero-order valence-electron chi connectivity index (χ0n) is 15.5. The van der Waals surface area contributed by atoms with Crippen molar-refractivity contribution in [1.82, 2.24) is 24.9 Å². The van der Waals surface area contributed by atoms with Gasteiger partial charge in [-0.3, -0.25) is 4.79 Å². The monoisotopic (exact) mass is 367 g/mol. The zero-order chi connectivity index (χ0) is 19.0. The van der Waals surface area contributed by atoms with Crippen molar-refractivity contribution in [2.45, 2.75) is 26.8 Å². The summed E-state index contributed by atoms with van der Waals surface area (Å²) in [6.45, 7) is 7.04. The predicted molar refractivity (Wildman–Crippen MR) is 98.0 cm³/mol. The first kappa shape index (κ1) is 17.3. The molecule has 1 N–H and O–H groups in total. The number of aryl methyl sites for hydroxylation is 1. The second-order valence-corrected chi connectivity index (χ2v) is 6.83. The molecule has 0 saturated carbocycles. The van der Waals surface area contributed by atoms with Gasteiger partial charge in [0.05, 0.1) is 6.04 Å². The number of ether oxygens (including phenoxy) is 2. The number of benzene rings is 1. The summed E-state index contributed by atoms with van der Waals surface area (Å²) in [5.74, 6) is 1.74. The molecule has 1 atom stereocenters. The highest BCUT2D eigenvalue weighted by Crippen LogP contribution is 2.34. The average Bonchev–Trinajstić information content (AvgIpc) is 3.11. The molecule has 3 aromatic rings. The van der Waals surface area contributed by atoms with E-state index in [2.05, 4.69) is 20.4 Å². The number of aromatic nitrogens is 4. The number of hydrogen-bond donors (Lipinski definition) is 1. The van der Waals surface area contributed by atoms with Crippen molar-refractivity contribution in [3.05, 3.63) is 47.5 Å². The van der Waals surface area contributed by atoms with Gasteiger partial charge < -0.3 is 14.8 Å². The molecule has 0 aliphatic carbocycles. The molecule has 1 amide bonds. The van der Waals surface area contributed by atoms with E-state index in [1.165, 1.54) is 0 Å². The third-order valence-corrected chi connectivity index (χ3v) is 4.51. The minimum atomic E-state index is -0.339. The molecular weight excluding hydrogens is 346 g/mol. The van der Waals surface area contributed by atoms with Crippen LogP contribution in [0.15, 0.2) is 30.5 Å². The zero-order valence-corrected chi connectivity index (χ0v) is 15.5. The second kappa shape index (κ2) is 6.86. The first-order valence-corrected chi connectivity index (χ1v) is 8.91. The van der Waals surface area contributed by atoms with Crippen molar-refractivity contribution in [2.24, 2.45) is 5.92 Å². The fourth-order valence-corrected chi connectivity index (χ4v) is 3.10. The number of nitrogens with one attached hydrogen (secondary N) is 1. The highest BCUT2D eigenvalue weighted by molar-refractivity contribution is 5.91. The van der Waals surface area contributed by atoms with Crippen LogP contribution in [0.25, 0.3) is 5.78 Å². The maximum atomic E-state index is 12.8. The molecule has 2 aromatic heterocycles. The summed E-state index contributed by atoms with van der Waals surface area (Å²) in [6.07, 6.45) is 1.65. The first-order chi connectivity index (χ1) is 13.0. The molecule has 0 unspecified atom stereocenters. The molecule has 27 heavy (non-hydrogen) atoms. The molecule has 8 heteroatoms. The first-order valence-electron chi connectivity index (χ1n) is 8.91. The maximum Gasteiger partial charge on any atom is 0.291 e. The van der Waals surface area contributed by atoms with Gasteiger partial charge in [-0.25, -0.2) is 9.50 Å². The van der Waals surface area contributed by atoms with Crippen molar-refractivity contribution >= 4 is 11.7 Å². The van der Waals surface area contributed by atoms with E-state index in [9.17, 15) is 4.79 Å². The topological polar surface area (TPSA) is 90.6 Å². The highest BCUT2D eigenvalue weighted by Gasteiger charge is 2.24. The number of hydrogen-bond acceptors (Lipinski definition) is 6. The molecule has 1 aliphatic heterocycles. The molecule has 0 spiro atoms. The van der Waals surface area contributed by atoms with Crippen molar-refractivity contribution < 1.29 is 14.3 Å². The van der Waals surface area contributed by atoms with Gasteiger partial charge in [0, 0.05) is 11.9 Å². The van der Waals surface area contributed by atoms with Gasteiger partial charge in [0.1, 0.15) is 13.2 Å². The summed E-state index contributed by atoms with van der Waals surface area (Å²) in [6, 6.07) is 7.34. The molecular formula is C19H21N5O3. The molecule has 8 nitrogen and oxygen atoms in total. The third-order valence-electron chi connectivity index (χ3n) is 4.51. The van der Waals surface area contributed by atoms with Crippen LogP contribution in [0.5, 0.6) is 11.5 Å². The number of amides is 1. The Morgan fingerprint density at radius 1 is 1.19 bits per heavy atom. The fourth-order valence-electron chi connectivity index (χ4n) is 3.10. The van der Waals surface area contributed by atoms with Crippen molar-refractivity contribution in [3.63, 3.8) is 0 Å². The second-order valence-electron chi connectivity index (χ2n) is 6.83. The minimum Gasteiger partial charge on any atom is -0.486 e. The fraction of sp³-hybridized carbons (Fsp3) is 0.368. The molecule has 4 rings (SSSR count).